The van der Waals surface area contributed by atoms with Gasteiger partial charge in [-0.15, -0.1) is 6.58 Å². The van der Waals surface area contributed by atoms with Gasteiger partial charge in [0.15, 0.2) is 0 Å². The largest absolute Gasteiger partial charge is 0.392 e. The number of aliphatic hydroxyl groups is 1. The summed E-state index contributed by atoms with van der Waals surface area (Å²) in [5, 5.41) is 13.3. The first kappa shape index (κ1) is 11.7. The van der Waals surface area contributed by atoms with E-state index in [0.717, 1.165) is 25.7 Å². The van der Waals surface area contributed by atoms with Crippen LogP contribution in [0.1, 0.15) is 45.4 Å². The van der Waals surface area contributed by atoms with Gasteiger partial charge in [-0.05, 0) is 32.6 Å². The Morgan fingerprint density at radius 1 is 1.50 bits per heavy atom. The van der Waals surface area contributed by atoms with E-state index in [4.69, 9.17) is 0 Å². The first-order valence-electron chi connectivity index (χ1n) is 5.79. The Balaban J connectivity index is 2.23. The molecular formula is C12H23NO. The van der Waals surface area contributed by atoms with Crippen molar-refractivity contribution in [1.82, 2.24) is 5.32 Å². The smallest absolute Gasteiger partial charge is 0.0693 e. The number of aliphatic hydroxyl groups excluding tert-OH is 1. The molecule has 0 aliphatic heterocycles. The van der Waals surface area contributed by atoms with Crippen molar-refractivity contribution in [3.63, 3.8) is 0 Å². The molecule has 0 aromatic rings. The lowest BCUT2D eigenvalue weighted by atomic mass is 9.92. The molecule has 1 saturated carbocycles. The van der Waals surface area contributed by atoms with E-state index in [9.17, 15) is 5.11 Å². The zero-order chi connectivity index (χ0) is 10.4. The van der Waals surface area contributed by atoms with E-state index in [1.807, 2.05) is 6.08 Å². The van der Waals surface area contributed by atoms with Crippen LogP contribution < -0.4 is 5.32 Å². The van der Waals surface area contributed by atoms with Crippen molar-refractivity contribution in [2.75, 3.05) is 0 Å². The van der Waals surface area contributed by atoms with Crippen molar-refractivity contribution in [3.05, 3.63) is 12.7 Å². The number of hydrogen-bond donors (Lipinski definition) is 2. The average Bonchev–Trinajstić information content (AvgIpc) is 2.18. The molecule has 0 amide bonds. The summed E-state index contributed by atoms with van der Waals surface area (Å²) in [6.07, 6.45) is 8.52. The van der Waals surface area contributed by atoms with Crippen molar-refractivity contribution >= 4 is 0 Å². The van der Waals surface area contributed by atoms with E-state index in [1.54, 1.807) is 0 Å². The fourth-order valence-electron chi connectivity index (χ4n) is 2.12. The van der Waals surface area contributed by atoms with Crippen LogP contribution in [0.4, 0.5) is 0 Å². The fourth-order valence-corrected chi connectivity index (χ4v) is 2.12. The molecule has 3 atom stereocenters. The summed E-state index contributed by atoms with van der Waals surface area (Å²) in [5.74, 6) is 0. The lowest BCUT2D eigenvalue weighted by Crippen LogP contribution is -2.46. The first-order valence-corrected chi connectivity index (χ1v) is 5.79. The average molecular weight is 197 g/mol. The van der Waals surface area contributed by atoms with Crippen molar-refractivity contribution < 1.29 is 5.11 Å². The van der Waals surface area contributed by atoms with Crippen LogP contribution in [0.15, 0.2) is 12.7 Å². The molecule has 0 heterocycles. The number of hydrogen-bond acceptors (Lipinski definition) is 2. The second-order valence-corrected chi connectivity index (χ2v) is 4.39. The van der Waals surface area contributed by atoms with Crippen molar-refractivity contribution in [3.8, 4) is 0 Å². The molecule has 0 aromatic carbocycles. The quantitative estimate of drug-likeness (QED) is 0.662. The molecule has 0 saturated heterocycles. The van der Waals surface area contributed by atoms with Crippen molar-refractivity contribution in [1.29, 1.82) is 0 Å². The van der Waals surface area contributed by atoms with Crippen LogP contribution in [-0.4, -0.2) is 23.3 Å². The molecule has 0 spiro atoms. The Bertz CT molecular complexity index is 170. The minimum Gasteiger partial charge on any atom is -0.392 e. The number of rotatable bonds is 5. The van der Waals surface area contributed by atoms with Gasteiger partial charge in [-0.25, -0.2) is 0 Å². The Labute approximate surface area is 87.4 Å². The van der Waals surface area contributed by atoms with Gasteiger partial charge in [-0.2, -0.15) is 0 Å². The minimum atomic E-state index is -0.130. The molecule has 1 fully saturated rings. The molecule has 0 unspecified atom stereocenters. The van der Waals surface area contributed by atoms with E-state index >= 15 is 0 Å². The maximum Gasteiger partial charge on any atom is 0.0693 e. The zero-order valence-corrected chi connectivity index (χ0v) is 9.21. The summed E-state index contributed by atoms with van der Waals surface area (Å²) >= 11 is 0. The highest BCUT2D eigenvalue weighted by molar-refractivity contribution is 4.83. The topological polar surface area (TPSA) is 32.3 Å². The standard InChI is InChI=1S/C12H23NO/c1-3-4-7-10(2)13-11-8-5-6-9-12(11)14/h3,10-14H,1,4-9H2,2H3/t10-,11-,12+/m1/s1. The van der Waals surface area contributed by atoms with E-state index in [-0.39, 0.29) is 6.10 Å². The van der Waals surface area contributed by atoms with E-state index in [0.29, 0.717) is 12.1 Å². The maximum atomic E-state index is 9.76. The van der Waals surface area contributed by atoms with Gasteiger partial charge in [-0.1, -0.05) is 18.9 Å². The lowest BCUT2D eigenvalue weighted by molar-refractivity contribution is 0.0854. The maximum absolute atomic E-state index is 9.76. The van der Waals surface area contributed by atoms with Gasteiger partial charge in [0, 0.05) is 12.1 Å². The second-order valence-electron chi connectivity index (χ2n) is 4.39. The third kappa shape index (κ3) is 3.81. The SMILES string of the molecule is C=CCC[C@@H](C)N[C@@H]1CCCC[C@@H]1O. The van der Waals surface area contributed by atoms with Gasteiger partial charge in [0.05, 0.1) is 6.10 Å². The van der Waals surface area contributed by atoms with Crippen LogP contribution in [-0.2, 0) is 0 Å². The summed E-state index contributed by atoms with van der Waals surface area (Å²) in [7, 11) is 0. The molecule has 0 bridgehead atoms. The first-order chi connectivity index (χ1) is 6.74. The van der Waals surface area contributed by atoms with Gasteiger partial charge in [-0.3, -0.25) is 0 Å². The molecule has 0 radical (unpaired) electrons. The van der Waals surface area contributed by atoms with Gasteiger partial charge in [0.25, 0.3) is 0 Å². The number of allylic oxidation sites excluding steroid dienone is 1. The normalized spacial score (nSPS) is 29.9. The van der Waals surface area contributed by atoms with Gasteiger partial charge in [0.1, 0.15) is 0 Å². The van der Waals surface area contributed by atoms with Crippen LogP contribution in [0, 0.1) is 0 Å². The molecule has 2 N–H and O–H groups in total. The highest BCUT2D eigenvalue weighted by Gasteiger charge is 2.23. The van der Waals surface area contributed by atoms with Gasteiger partial charge < -0.3 is 10.4 Å². The monoisotopic (exact) mass is 197 g/mol. The molecule has 14 heavy (non-hydrogen) atoms. The number of nitrogens with one attached hydrogen (secondary N) is 1. The summed E-state index contributed by atoms with van der Waals surface area (Å²) in [4.78, 5) is 0. The molecule has 1 aliphatic rings. The predicted octanol–water partition coefficient (Wildman–Crippen LogP) is 2.23. The Morgan fingerprint density at radius 2 is 2.21 bits per heavy atom. The van der Waals surface area contributed by atoms with Gasteiger partial charge >= 0.3 is 0 Å². The Kier molecular flexibility index (Phi) is 5.20. The highest BCUT2D eigenvalue weighted by Crippen LogP contribution is 2.19. The summed E-state index contributed by atoms with van der Waals surface area (Å²) in [6, 6.07) is 0.814. The third-order valence-electron chi connectivity index (χ3n) is 3.03. The van der Waals surface area contributed by atoms with Crippen molar-refractivity contribution in [2.24, 2.45) is 0 Å². The van der Waals surface area contributed by atoms with E-state index in [1.165, 1.54) is 12.8 Å². The molecule has 2 heteroatoms. The predicted molar refractivity (Wildman–Crippen MR) is 60.3 cm³/mol. The Hall–Kier alpha value is -0.340. The summed E-state index contributed by atoms with van der Waals surface area (Å²) in [6.45, 7) is 5.90. The van der Waals surface area contributed by atoms with Crippen LogP contribution in [0.25, 0.3) is 0 Å². The van der Waals surface area contributed by atoms with Crippen LogP contribution in [0.3, 0.4) is 0 Å². The van der Waals surface area contributed by atoms with Crippen LogP contribution >= 0.6 is 0 Å². The van der Waals surface area contributed by atoms with Crippen LogP contribution in [0.2, 0.25) is 0 Å². The molecule has 0 aromatic heterocycles. The molecule has 1 rings (SSSR count). The molecule has 2 nitrogen and oxygen atoms in total. The lowest BCUT2D eigenvalue weighted by Gasteiger charge is -2.31. The molecule has 1 aliphatic carbocycles. The second kappa shape index (κ2) is 6.20. The van der Waals surface area contributed by atoms with Crippen molar-refractivity contribution in [2.45, 2.75) is 63.6 Å². The molecule has 82 valence electrons. The summed E-state index contributed by atoms with van der Waals surface area (Å²) in [5.41, 5.74) is 0. The molecular weight excluding hydrogens is 174 g/mol. The minimum absolute atomic E-state index is 0.130. The van der Waals surface area contributed by atoms with E-state index in [2.05, 4.69) is 18.8 Å². The highest BCUT2D eigenvalue weighted by atomic mass is 16.3. The van der Waals surface area contributed by atoms with Gasteiger partial charge in [0.2, 0.25) is 0 Å². The fraction of sp³-hybridized carbons (Fsp3) is 0.833. The summed E-state index contributed by atoms with van der Waals surface area (Å²) < 4.78 is 0. The Morgan fingerprint density at radius 3 is 2.86 bits per heavy atom. The van der Waals surface area contributed by atoms with E-state index < -0.39 is 0 Å². The third-order valence-corrected chi connectivity index (χ3v) is 3.03. The van der Waals surface area contributed by atoms with Crippen LogP contribution in [0.5, 0.6) is 0 Å². The zero-order valence-electron chi connectivity index (χ0n) is 9.21.